The molecule has 1 saturated carbocycles. The zero-order valence-electron chi connectivity index (χ0n) is 13.6. The number of aliphatic hydroxyl groups excluding tert-OH is 1. The van der Waals surface area contributed by atoms with Crippen molar-refractivity contribution in [2.24, 2.45) is 13.0 Å². The Bertz CT molecular complexity index is 740. The van der Waals surface area contributed by atoms with Crippen LogP contribution in [0.15, 0.2) is 30.7 Å². The average molecular weight is 333 g/mol. The summed E-state index contributed by atoms with van der Waals surface area (Å²) >= 11 is 0. The molecule has 24 heavy (non-hydrogen) atoms. The zero-order chi connectivity index (χ0) is 17.3. The molecule has 2 N–H and O–H groups in total. The van der Waals surface area contributed by atoms with Gasteiger partial charge in [0, 0.05) is 7.05 Å². The van der Waals surface area contributed by atoms with Crippen molar-refractivity contribution in [2.75, 3.05) is 7.11 Å². The normalized spacial score (nSPS) is 21.0. The largest absolute Gasteiger partial charge is 0.494 e. The number of benzene rings is 1. The fourth-order valence-electron chi connectivity index (χ4n) is 3.04. The van der Waals surface area contributed by atoms with Crippen LogP contribution in [0.5, 0.6) is 5.75 Å². The SMILES string of the molecule is COc1ccc([C@@H](NC(=O)c2cncn2C)C2CC(O)C2)cc1F. The number of ether oxygens (including phenoxy) is 1. The number of aryl methyl sites for hydroxylation is 1. The summed E-state index contributed by atoms with van der Waals surface area (Å²) in [4.78, 5) is 16.4. The third-order valence-electron chi connectivity index (χ3n) is 4.49. The molecule has 0 unspecified atom stereocenters. The summed E-state index contributed by atoms with van der Waals surface area (Å²) in [5.41, 5.74) is 1.08. The van der Waals surface area contributed by atoms with E-state index >= 15 is 0 Å². The Balaban J connectivity index is 1.85. The molecule has 1 aromatic heterocycles. The van der Waals surface area contributed by atoms with E-state index in [-0.39, 0.29) is 29.7 Å². The van der Waals surface area contributed by atoms with Gasteiger partial charge in [-0.25, -0.2) is 9.37 Å². The molecule has 0 spiro atoms. The standard InChI is InChI=1S/C17H20FN3O3/c1-21-9-19-8-14(21)17(23)20-16(11-5-12(22)6-11)10-3-4-15(24-2)13(18)7-10/h3-4,7-9,11-12,16,22H,5-6H2,1-2H3,(H,20,23)/t11?,12?,16-/m1/s1. The van der Waals surface area contributed by atoms with Gasteiger partial charge in [0.15, 0.2) is 11.6 Å². The number of halogens is 1. The van der Waals surface area contributed by atoms with E-state index in [9.17, 15) is 14.3 Å². The predicted molar refractivity (Wildman–Crippen MR) is 85.1 cm³/mol. The molecule has 0 bridgehead atoms. The first-order chi connectivity index (χ1) is 11.5. The van der Waals surface area contributed by atoms with Crippen LogP contribution in [0.25, 0.3) is 0 Å². The number of carbonyl (C=O) groups excluding carboxylic acids is 1. The molecule has 0 radical (unpaired) electrons. The highest BCUT2D eigenvalue weighted by molar-refractivity contribution is 5.92. The summed E-state index contributed by atoms with van der Waals surface area (Å²) in [5.74, 6) is -0.540. The molecule has 1 aliphatic carbocycles. The second-order valence-corrected chi connectivity index (χ2v) is 6.12. The molecule has 1 aliphatic rings. The van der Waals surface area contributed by atoms with Crippen LogP contribution in [-0.2, 0) is 7.05 Å². The molecule has 1 aromatic carbocycles. The van der Waals surface area contributed by atoms with E-state index < -0.39 is 5.82 Å². The van der Waals surface area contributed by atoms with Crippen LogP contribution in [0.4, 0.5) is 4.39 Å². The van der Waals surface area contributed by atoms with Crippen LogP contribution < -0.4 is 10.1 Å². The molecule has 1 fully saturated rings. The van der Waals surface area contributed by atoms with Crippen molar-refractivity contribution in [3.63, 3.8) is 0 Å². The lowest BCUT2D eigenvalue weighted by atomic mass is 9.75. The lowest BCUT2D eigenvalue weighted by Crippen LogP contribution is -2.41. The van der Waals surface area contributed by atoms with E-state index in [1.165, 1.54) is 19.4 Å². The molecule has 128 valence electrons. The van der Waals surface area contributed by atoms with Crippen LogP contribution in [0, 0.1) is 11.7 Å². The number of nitrogens with one attached hydrogen (secondary N) is 1. The maximum Gasteiger partial charge on any atom is 0.270 e. The van der Waals surface area contributed by atoms with Crippen LogP contribution in [0.1, 0.15) is 34.9 Å². The number of imidazole rings is 1. The lowest BCUT2D eigenvalue weighted by Gasteiger charge is -2.38. The highest BCUT2D eigenvalue weighted by Crippen LogP contribution is 2.39. The second kappa shape index (κ2) is 6.60. The smallest absolute Gasteiger partial charge is 0.270 e. The van der Waals surface area contributed by atoms with Gasteiger partial charge in [-0.2, -0.15) is 0 Å². The highest BCUT2D eigenvalue weighted by Gasteiger charge is 2.36. The summed E-state index contributed by atoms with van der Waals surface area (Å²) in [6, 6.07) is 4.28. The summed E-state index contributed by atoms with van der Waals surface area (Å²) < 4.78 is 20.6. The van der Waals surface area contributed by atoms with Crippen LogP contribution in [0.3, 0.4) is 0 Å². The van der Waals surface area contributed by atoms with Crippen molar-refractivity contribution in [3.8, 4) is 5.75 Å². The van der Waals surface area contributed by atoms with Crippen molar-refractivity contribution in [3.05, 3.63) is 47.8 Å². The quantitative estimate of drug-likeness (QED) is 0.875. The van der Waals surface area contributed by atoms with Gasteiger partial charge in [0.2, 0.25) is 0 Å². The summed E-state index contributed by atoms with van der Waals surface area (Å²) in [6.07, 6.45) is 3.81. The number of aromatic nitrogens is 2. The Kier molecular flexibility index (Phi) is 4.53. The van der Waals surface area contributed by atoms with Crippen molar-refractivity contribution in [2.45, 2.75) is 25.0 Å². The minimum Gasteiger partial charge on any atom is -0.494 e. The van der Waals surface area contributed by atoms with Gasteiger partial charge in [0.05, 0.1) is 31.8 Å². The zero-order valence-corrected chi connectivity index (χ0v) is 13.6. The van der Waals surface area contributed by atoms with Crippen LogP contribution in [-0.4, -0.2) is 33.8 Å². The summed E-state index contributed by atoms with van der Waals surface area (Å²) in [5, 5.41) is 12.5. The predicted octanol–water partition coefficient (Wildman–Crippen LogP) is 1.81. The fourth-order valence-corrected chi connectivity index (χ4v) is 3.04. The molecule has 6 nitrogen and oxygen atoms in total. The van der Waals surface area contributed by atoms with Crippen molar-refractivity contribution in [1.82, 2.24) is 14.9 Å². The molecule has 0 saturated heterocycles. The Hall–Kier alpha value is -2.41. The van der Waals surface area contributed by atoms with E-state index in [1.807, 2.05) is 0 Å². The average Bonchev–Trinajstić information content (AvgIpc) is 2.96. The van der Waals surface area contributed by atoms with Gasteiger partial charge in [-0.3, -0.25) is 4.79 Å². The minimum absolute atomic E-state index is 0.0602. The molecule has 1 amide bonds. The van der Waals surface area contributed by atoms with Crippen molar-refractivity contribution < 1.29 is 19.0 Å². The molecule has 1 atom stereocenters. The van der Waals surface area contributed by atoms with E-state index in [2.05, 4.69) is 10.3 Å². The summed E-state index contributed by atoms with van der Waals surface area (Å²) in [6.45, 7) is 0. The van der Waals surface area contributed by atoms with Crippen LogP contribution in [0.2, 0.25) is 0 Å². The Morgan fingerprint density at radius 3 is 2.79 bits per heavy atom. The third-order valence-corrected chi connectivity index (χ3v) is 4.49. The van der Waals surface area contributed by atoms with Gasteiger partial charge in [0.25, 0.3) is 5.91 Å². The number of aliphatic hydroxyl groups is 1. The number of methoxy groups -OCH3 is 1. The minimum atomic E-state index is -0.477. The van der Waals surface area contributed by atoms with Gasteiger partial charge in [-0.1, -0.05) is 6.07 Å². The van der Waals surface area contributed by atoms with E-state index in [0.29, 0.717) is 24.1 Å². The van der Waals surface area contributed by atoms with Crippen molar-refractivity contribution in [1.29, 1.82) is 0 Å². The van der Waals surface area contributed by atoms with Gasteiger partial charge < -0.3 is 19.7 Å². The topological polar surface area (TPSA) is 76.4 Å². The van der Waals surface area contributed by atoms with E-state index in [4.69, 9.17) is 4.74 Å². The number of carbonyl (C=O) groups is 1. The Morgan fingerprint density at radius 1 is 1.50 bits per heavy atom. The van der Waals surface area contributed by atoms with Crippen LogP contribution >= 0.6 is 0 Å². The van der Waals surface area contributed by atoms with Gasteiger partial charge in [-0.05, 0) is 36.5 Å². The van der Waals surface area contributed by atoms with Gasteiger partial charge in [0.1, 0.15) is 5.69 Å². The Morgan fingerprint density at radius 2 is 2.25 bits per heavy atom. The molecule has 0 aliphatic heterocycles. The highest BCUT2D eigenvalue weighted by atomic mass is 19.1. The van der Waals surface area contributed by atoms with E-state index in [0.717, 1.165) is 0 Å². The third kappa shape index (κ3) is 3.12. The first-order valence-corrected chi connectivity index (χ1v) is 7.78. The number of hydrogen-bond acceptors (Lipinski definition) is 4. The monoisotopic (exact) mass is 333 g/mol. The summed E-state index contributed by atoms with van der Waals surface area (Å²) in [7, 11) is 3.14. The maximum absolute atomic E-state index is 14.0. The van der Waals surface area contributed by atoms with Gasteiger partial charge >= 0.3 is 0 Å². The molecule has 2 aromatic rings. The molecule has 7 heteroatoms. The van der Waals surface area contributed by atoms with Gasteiger partial charge in [-0.15, -0.1) is 0 Å². The maximum atomic E-state index is 14.0. The first kappa shape index (κ1) is 16.4. The first-order valence-electron chi connectivity index (χ1n) is 7.78. The fraction of sp³-hybridized carbons (Fsp3) is 0.412. The number of rotatable bonds is 5. The molecule has 1 heterocycles. The number of nitrogens with zero attached hydrogens (tertiary/aromatic N) is 2. The second-order valence-electron chi connectivity index (χ2n) is 6.12. The number of amides is 1. The number of hydrogen-bond donors (Lipinski definition) is 2. The molecular formula is C17H20FN3O3. The molecular weight excluding hydrogens is 313 g/mol. The molecule has 3 rings (SSSR count). The lowest BCUT2D eigenvalue weighted by molar-refractivity contribution is 0.0234. The van der Waals surface area contributed by atoms with Crippen molar-refractivity contribution >= 4 is 5.91 Å². The van der Waals surface area contributed by atoms with E-state index in [1.54, 1.807) is 30.1 Å². The Labute approximate surface area is 139 Å².